The molecule has 0 radical (unpaired) electrons. The van der Waals surface area contributed by atoms with E-state index < -0.39 is 0 Å². The molecular weight excluding hydrogens is 366 g/mol. The molecule has 0 fully saturated rings. The summed E-state index contributed by atoms with van der Waals surface area (Å²) in [6.45, 7) is 2.88. The molecule has 0 N–H and O–H groups in total. The molecule has 1 heterocycles. The van der Waals surface area contributed by atoms with E-state index in [4.69, 9.17) is 16.3 Å². The molecule has 1 aliphatic rings. The van der Waals surface area contributed by atoms with Gasteiger partial charge in [-0.25, -0.2) is 0 Å². The van der Waals surface area contributed by atoms with Gasteiger partial charge in [0.15, 0.2) is 0 Å². The van der Waals surface area contributed by atoms with Crippen LogP contribution in [0.4, 0.5) is 0 Å². The highest BCUT2D eigenvalue weighted by Gasteiger charge is 2.18. The van der Waals surface area contributed by atoms with Crippen LogP contribution in [0.1, 0.15) is 27.8 Å². The lowest BCUT2D eigenvalue weighted by molar-refractivity contribution is 0.275. The van der Waals surface area contributed by atoms with Crippen molar-refractivity contribution in [2.45, 2.75) is 26.1 Å². The van der Waals surface area contributed by atoms with Gasteiger partial charge in [0.2, 0.25) is 0 Å². The monoisotopic (exact) mass is 387 g/mol. The molecule has 0 bridgehead atoms. The molecule has 3 aromatic rings. The van der Waals surface area contributed by atoms with Crippen molar-refractivity contribution in [1.29, 1.82) is 0 Å². The summed E-state index contributed by atoms with van der Waals surface area (Å²) in [6.07, 6.45) is 0.740. The smallest absolute Gasteiger partial charge is 0.118 e. The van der Waals surface area contributed by atoms with Crippen LogP contribution < -0.4 is 4.74 Å². The SMILES string of the molecule is COc1ccc(CC#Cc2ccc3c(c2)CN(Cc2ccc(Cl)cc2)C3)cc1. The maximum absolute atomic E-state index is 5.98. The van der Waals surface area contributed by atoms with Crippen LogP contribution in [-0.2, 0) is 26.1 Å². The molecule has 0 atom stereocenters. The maximum atomic E-state index is 5.98. The van der Waals surface area contributed by atoms with E-state index in [1.54, 1.807) is 7.11 Å². The minimum Gasteiger partial charge on any atom is -0.497 e. The van der Waals surface area contributed by atoms with Crippen LogP contribution in [0.2, 0.25) is 5.02 Å². The summed E-state index contributed by atoms with van der Waals surface area (Å²) in [5.41, 5.74) is 6.35. The zero-order valence-corrected chi connectivity index (χ0v) is 16.7. The third-order valence-electron chi connectivity index (χ3n) is 5.00. The van der Waals surface area contributed by atoms with Crippen LogP contribution in [0.25, 0.3) is 0 Å². The Morgan fingerprint density at radius 1 is 0.893 bits per heavy atom. The molecule has 0 saturated heterocycles. The average molecular weight is 388 g/mol. The lowest BCUT2D eigenvalue weighted by Crippen LogP contribution is -2.15. The van der Waals surface area contributed by atoms with Crippen molar-refractivity contribution >= 4 is 11.6 Å². The lowest BCUT2D eigenvalue weighted by Gasteiger charge is -2.14. The molecule has 2 nitrogen and oxygen atoms in total. The van der Waals surface area contributed by atoms with Crippen LogP contribution in [0.15, 0.2) is 66.7 Å². The van der Waals surface area contributed by atoms with Crippen LogP contribution >= 0.6 is 11.6 Å². The number of nitrogens with zero attached hydrogens (tertiary/aromatic N) is 1. The zero-order chi connectivity index (χ0) is 19.3. The van der Waals surface area contributed by atoms with Gasteiger partial charge in [0.25, 0.3) is 0 Å². The molecule has 0 spiro atoms. The van der Waals surface area contributed by atoms with Crippen molar-refractivity contribution in [2.24, 2.45) is 0 Å². The van der Waals surface area contributed by atoms with Crippen LogP contribution in [0, 0.1) is 11.8 Å². The van der Waals surface area contributed by atoms with Gasteiger partial charge in [-0.05, 0) is 58.7 Å². The molecule has 28 heavy (non-hydrogen) atoms. The van der Waals surface area contributed by atoms with E-state index in [1.807, 2.05) is 24.3 Å². The van der Waals surface area contributed by atoms with Gasteiger partial charge >= 0.3 is 0 Å². The van der Waals surface area contributed by atoms with Crippen LogP contribution in [-0.4, -0.2) is 12.0 Å². The first-order valence-electron chi connectivity index (χ1n) is 9.40. The second-order valence-corrected chi connectivity index (χ2v) is 7.52. The average Bonchev–Trinajstić information content (AvgIpc) is 3.12. The Morgan fingerprint density at radius 3 is 2.36 bits per heavy atom. The second kappa shape index (κ2) is 8.52. The number of benzene rings is 3. The first-order chi connectivity index (χ1) is 13.7. The molecule has 0 amide bonds. The third kappa shape index (κ3) is 4.57. The fourth-order valence-corrected chi connectivity index (χ4v) is 3.62. The van der Waals surface area contributed by atoms with E-state index >= 15 is 0 Å². The summed E-state index contributed by atoms with van der Waals surface area (Å²) in [5, 5.41) is 0.784. The predicted molar refractivity (Wildman–Crippen MR) is 114 cm³/mol. The summed E-state index contributed by atoms with van der Waals surface area (Å²) < 4.78 is 5.19. The molecule has 0 unspecified atom stereocenters. The normalized spacial score (nSPS) is 12.9. The highest BCUT2D eigenvalue weighted by atomic mass is 35.5. The van der Waals surface area contributed by atoms with Crippen molar-refractivity contribution < 1.29 is 4.74 Å². The maximum Gasteiger partial charge on any atom is 0.118 e. The molecule has 3 heteroatoms. The summed E-state index contributed by atoms with van der Waals surface area (Å²) >= 11 is 5.98. The van der Waals surface area contributed by atoms with Crippen LogP contribution in [0.3, 0.4) is 0 Å². The quantitative estimate of drug-likeness (QED) is 0.551. The van der Waals surface area contributed by atoms with E-state index in [0.29, 0.717) is 0 Å². The Bertz CT molecular complexity index is 1010. The summed E-state index contributed by atoms with van der Waals surface area (Å²) in [6, 6.07) is 22.8. The standard InChI is InChI=1S/C25H22ClNO/c1-28-25-13-8-19(9-14-25)3-2-4-20-5-10-22-17-27(18-23(22)15-20)16-21-6-11-24(26)12-7-21/h5-15H,3,16-18H2,1H3. The van der Waals surface area contributed by atoms with Gasteiger partial charge in [-0.15, -0.1) is 0 Å². The van der Waals surface area contributed by atoms with E-state index in [0.717, 1.165) is 42.4 Å². The molecule has 0 saturated carbocycles. The van der Waals surface area contributed by atoms with Gasteiger partial charge in [-0.2, -0.15) is 0 Å². The first kappa shape index (κ1) is 18.6. The van der Waals surface area contributed by atoms with Gasteiger partial charge in [-0.1, -0.05) is 53.8 Å². The van der Waals surface area contributed by atoms with Crippen molar-refractivity contribution in [3.63, 3.8) is 0 Å². The largest absolute Gasteiger partial charge is 0.497 e. The number of halogens is 1. The number of methoxy groups -OCH3 is 1. The van der Waals surface area contributed by atoms with Crippen molar-refractivity contribution in [3.05, 3.63) is 99.6 Å². The Labute approximate surface area is 171 Å². The van der Waals surface area contributed by atoms with Crippen LogP contribution in [0.5, 0.6) is 5.75 Å². The molecule has 140 valence electrons. The number of rotatable bonds is 4. The predicted octanol–water partition coefficient (Wildman–Crippen LogP) is 5.46. The van der Waals surface area contributed by atoms with Gasteiger partial charge in [0.05, 0.1) is 7.11 Å². The van der Waals surface area contributed by atoms with Gasteiger partial charge in [0.1, 0.15) is 5.75 Å². The van der Waals surface area contributed by atoms with Gasteiger partial charge < -0.3 is 4.74 Å². The minimum atomic E-state index is 0.740. The fraction of sp³-hybridized carbons (Fsp3) is 0.200. The number of fused-ring (bicyclic) bond motifs is 1. The topological polar surface area (TPSA) is 12.5 Å². The van der Waals surface area contributed by atoms with E-state index in [2.05, 4.69) is 59.2 Å². The third-order valence-corrected chi connectivity index (χ3v) is 5.25. The van der Waals surface area contributed by atoms with E-state index in [9.17, 15) is 0 Å². The number of ether oxygens (including phenoxy) is 1. The minimum absolute atomic E-state index is 0.740. The van der Waals surface area contributed by atoms with Gasteiger partial charge in [-0.3, -0.25) is 4.90 Å². The molecule has 3 aromatic carbocycles. The number of hydrogen-bond donors (Lipinski definition) is 0. The Balaban J connectivity index is 1.38. The Kier molecular flexibility index (Phi) is 5.67. The summed E-state index contributed by atoms with van der Waals surface area (Å²) in [7, 11) is 1.68. The van der Waals surface area contributed by atoms with Gasteiger partial charge in [0, 0.05) is 36.6 Å². The highest BCUT2D eigenvalue weighted by molar-refractivity contribution is 6.30. The molecule has 1 aliphatic heterocycles. The highest BCUT2D eigenvalue weighted by Crippen LogP contribution is 2.25. The Hall–Kier alpha value is -2.73. The summed E-state index contributed by atoms with van der Waals surface area (Å²) in [4.78, 5) is 2.45. The molecule has 0 aromatic heterocycles. The zero-order valence-electron chi connectivity index (χ0n) is 15.9. The molecule has 4 rings (SSSR count). The Morgan fingerprint density at radius 2 is 1.61 bits per heavy atom. The second-order valence-electron chi connectivity index (χ2n) is 7.08. The fourth-order valence-electron chi connectivity index (χ4n) is 3.49. The van der Waals surface area contributed by atoms with Crippen molar-refractivity contribution in [3.8, 4) is 17.6 Å². The van der Waals surface area contributed by atoms with E-state index in [-0.39, 0.29) is 0 Å². The van der Waals surface area contributed by atoms with E-state index in [1.165, 1.54) is 22.3 Å². The van der Waals surface area contributed by atoms with Crippen molar-refractivity contribution in [1.82, 2.24) is 4.90 Å². The molecular formula is C25H22ClNO. The first-order valence-corrected chi connectivity index (χ1v) is 9.78. The number of hydrogen-bond acceptors (Lipinski definition) is 2. The lowest BCUT2D eigenvalue weighted by atomic mass is 10.1. The molecule has 0 aliphatic carbocycles. The van der Waals surface area contributed by atoms with Crippen molar-refractivity contribution in [2.75, 3.05) is 7.11 Å². The summed E-state index contributed by atoms with van der Waals surface area (Å²) in [5.74, 6) is 7.47.